The van der Waals surface area contributed by atoms with Crippen LogP contribution in [0.15, 0.2) is 54.6 Å². The summed E-state index contributed by atoms with van der Waals surface area (Å²) in [5, 5.41) is 0.871. The van der Waals surface area contributed by atoms with Crippen molar-refractivity contribution in [2.45, 2.75) is 0 Å². The van der Waals surface area contributed by atoms with Crippen molar-refractivity contribution in [1.29, 1.82) is 0 Å². The van der Waals surface area contributed by atoms with Gasteiger partial charge in [0.2, 0.25) is 0 Å². The third-order valence-electron chi connectivity index (χ3n) is 4.61. The van der Waals surface area contributed by atoms with Crippen LogP contribution >= 0.6 is 0 Å². The van der Waals surface area contributed by atoms with E-state index in [1.54, 1.807) is 7.11 Å². The van der Waals surface area contributed by atoms with E-state index in [0.717, 1.165) is 27.9 Å². The highest BCUT2D eigenvalue weighted by atomic mass is 16.5. The number of benzene rings is 2. The first kappa shape index (κ1) is 16.5. The van der Waals surface area contributed by atoms with Crippen LogP contribution in [0.25, 0.3) is 22.2 Å². The lowest BCUT2D eigenvalue weighted by Crippen LogP contribution is -2.40. The quantitative estimate of drug-likeness (QED) is 0.728. The number of hydrogen-bond acceptors (Lipinski definition) is 4. The number of ether oxygens (including phenoxy) is 2. The zero-order valence-electron chi connectivity index (χ0n) is 14.6. The van der Waals surface area contributed by atoms with E-state index in [1.165, 1.54) is 0 Å². The number of carbonyl (C=O) groups excluding carboxylic acids is 1. The van der Waals surface area contributed by atoms with Crippen molar-refractivity contribution < 1.29 is 14.3 Å². The van der Waals surface area contributed by atoms with Crippen LogP contribution in [0, 0.1) is 0 Å². The molecule has 1 fully saturated rings. The molecule has 0 saturated carbocycles. The Kier molecular flexibility index (Phi) is 4.54. The largest absolute Gasteiger partial charge is 0.497 e. The number of carbonyl (C=O) groups is 1. The molecule has 0 N–H and O–H groups in total. The van der Waals surface area contributed by atoms with Crippen molar-refractivity contribution in [1.82, 2.24) is 9.88 Å². The van der Waals surface area contributed by atoms with Crippen molar-refractivity contribution in [3.05, 3.63) is 60.2 Å². The monoisotopic (exact) mass is 348 g/mol. The van der Waals surface area contributed by atoms with Gasteiger partial charge in [-0.3, -0.25) is 4.79 Å². The number of morpholine rings is 1. The molecule has 1 saturated heterocycles. The third kappa shape index (κ3) is 3.13. The molecule has 26 heavy (non-hydrogen) atoms. The Morgan fingerprint density at radius 3 is 2.69 bits per heavy atom. The van der Waals surface area contributed by atoms with Gasteiger partial charge in [-0.15, -0.1) is 0 Å². The predicted octanol–water partition coefficient (Wildman–Crippen LogP) is 3.38. The molecule has 3 aromatic rings. The summed E-state index contributed by atoms with van der Waals surface area (Å²) in [6, 6.07) is 17.4. The first-order valence-electron chi connectivity index (χ1n) is 8.67. The molecular formula is C21H20N2O3. The van der Waals surface area contributed by atoms with E-state index in [2.05, 4.69) is 0 Å². The van der Waals surface area contributed by atoms with Crippen LogP contribution in [0.1, 0.15) is 10.4 Å². The molecule has 1 aromatic heterocycles. The maximum atomic E-state index is 13.1. The van der Waals surface area contributed by atoms with Gasteiger partial charge in [0.15, 0.2) is 0 Å². The van der Waals surface area contributed by atoms with Crippen LogP contribution in [0.3, 0.4) is 0 Å². The molecule has 0 aliphatic carbocycles. The Morgan fingerprint density at radius 2 is 1.88 bits per heavy atom. The van der Waals surface area contributed by atoms with Crippen molar-refractivity contribution >= 4 is 16.8 Å². The van der Waals surface area contributed by atoms with Gasteiger partial charge in [0.1, 0.15) is 5.75 Å². The summed E-state index contributed by atoms with van der Waals surface area (Å²) in [6.45, 7) is 2.39. The summed E-state index contributed by atoms with van der Waals surface area (Å²) in [5.74, 6) is 0.787. The molecule has 0 spiro atoms. The average molecular weight is 348 g/mol. The number of hydrogen-bond donors (Lipinski definition) is 0. The van der Waals surface area contributed by atoms with Gasteiger partial charge in [0.05, 0.1) is 37.1 Å². The van der Waals surface area contributed by atoms with E-state index < -0.39 is 0 Å². The maximum Gasteiger partial charge on any atom is 0.254 e. The summed E-state index contributed by atoms with van der Waals surface area (Å²) in [6.07, 6.45) is 0. The molecule has 132 valence electrons. The van der Waals surface area contributed by atoms with Gasteiger partial charge in [-0.25, -0.2) is 4.98 Å². The van der Waals surface area contributed by atoms with E-state index in [-0.39, 0.29) is 5.91 Å². The van der Waals surface area contributed by atoms with Gasteiger partial charge >= 0.3 is 0 Å². The Hall–Kier alpha value is -2.92. The molecule has 0 unspecified atom stereocenters. The fourth-order valence-electron chi connectivity index (χ4n) is 3.22. The van der Waals surface area contributed by atoms with E-state index in [0.29, 0.717) is 31.9 Å². The molecule has 1 aliphatic rings. The fourth-order valence-corrected chi connectivity index (χ4v) is 3.22. The van der Waals surface area contributed by atoms with Gasteiger partial charge in [-0.1, -0.05) is 30.3 Å². The Balaban J connectivity index is 1.84. The molecular weight excluding hydrogens is 328 g/mol. The maximum absolute atomic E-state index is 13.1. The normalized spacial score (nSPS) is 14.4. The second-order valence-electron chi connectivity index (χ2n) is 6.21. The van der Waals surface area contributed by atoms with Crippen molar-refractivity contribution in [3.63, 3.8) is 0 Å². The Bertz CT molecular complexity index is 949. The molecule has 0 atom stereocenters. The highest BCUT2D eigenvalue weighted by molar-refractivity contribution is 6.07. The minimum absolute atomic E-state index is 0.0241. The summed E-state index contributed by atoms with van der Waals surface area (Å²) >= 11 is 0. The molecule has 2 aromatic carbocycles. The number of pyridine rings is 1. The van der Waals surface area contributed by atoms with Crippen LogP contribution in [-0.4, -0.2) is 49.2 Å². The summed E-state index contributed by atoms with van der Waals surface area (Å²) in [7, 11) is 1.64. The molecule has 4 rings (SSSR count). The number of amides is 1. The van der Waals surface area contributed by atoms with Gasteiger partial charge in [0, 0.05) is 24.0 Å². The number of aromatic nitrogens is 1. The van der Waals surface area contributed by atoms with Crippen molar-refractivity contribution in [2.75, 3.05) is 33.4 Å². The Labute approximate surface area is 152 Å². The van der Waals surface area contributed by atoms with E-state index in [4.69, 9.17) is 14.5 Å². The van der Waals surface area contributed by atoms with Gasteiger partial charge in [0.25, 0.3) is 5.91 Å². The predicted molar refractivity (Wildman–Crippen MR) is 100 cm³/mol. The van der Waals surface area contributed by atoms with Crippen LogP contribution in [0.5, 0.6) is 5.75 Å². The average Bonchev–Trinajstić information content (AvgIpc) is 2.73. The van der Waals surface area contributed by atoms with E-state index in [9.17, 15) is 4.79 Å². The molecule has 2 heterocycles. The van der Waals surface area contributed by atoms with E-state index >= 15 is 0 Å². The van der Waals surface area contributed by atoms with Crippen molar-refractivity contribution in [2.24, 2.45) is 0 Å². The zero-order chi connectivity index (χ0) is 17.9. The molecule has 0 bridgehead atoms. The van der Waals surface area contributed by atoms with Crippen LogP contribution < -0.4 is 4.74 Å². The zero-order valence-corrected chi connectivity index (χ0v) is 14.6. The fraction of sp³-hybridized carbons (Fsp3) is 0.238. The molecule has 1 aliphatic heterocycles. The number of methoxy groups -OCH3 is 1. The first-order chi connectivity index (χ1) is 12.8. The second-order valence-corrected chi connectivity index (χ2v) is 6.21. The third-order valence-corrected chi connectivity index (χ3v) is 4.61. The summed E-state index contributed by atoms with van der Waals surface area (Å²) in [5.41, 5.74) is 3.17. The molecule has 5 heteroatoms. The van der Waals surface area contributed by atoms with Crippen LogP contribution in [-0.2, 0) is 4.74 Å². The Morgan fingerprint density at radius 1 is 1.08 bits per heavy atom. The summed E-state index contributed by atoms with van der Waals surface area (Å²) in [4.78, 5) is 19.7. The lowest BCUT2D eigenvalue weighted by Gasteiger charge is -2.27. The SMILES string of the molecule is COc1cccc(-c2cc(C(=O)N3CCOCC3)c3ccccc3n2)c1. The lowest BCUT2D eigenvalue weighted by molar-refractivity contribution is 0.0304. The number of para-hydroxylation sites is 1. The van der Waals surface area contributed by atoms with Crippen LogP contribution in [0.4, 0.5) is 0 Å². The standard InChI is InChI=1S/C21H20N2O3/c1-25-16-6-4-5-15(13-16)20-14-18(17-7-2-3-8-19(17)22-20)21(24)23-9-11-26-12-10-23/h2-8,13-14H,9-12H2,1H3. The lowest BCUT2D eigenvalue weighted by atomic mass is 10.0. The molecule has 1 amide bonds. The minimum atomic E-state index is 0.0241. The highest BCUT2D eigenvalue weighted by Gasteiger charge is 2.21. The number of fused-ring (bicyclic) bond motifs is 1. The number of nitrogens with zero attached hydrogens (tertiary/aromatic N) is 2. The molecule has 0 radical (unpaired) electrons. The van der Waals surface area contributed by atoms with E-state index in [1.807, 2.05) is 59.5 Å². The van der Waals surface area contributed by atoms with Gasteiger partial charge in [-0.2, -0.15) is 0 Å². The summed E-state index contributed by atoms with van der Waals surface area (Å²) < 4.78 is 10.7. The molecule has 5 nitrogen and oxygen atoms in total. The smallest absolute Gasteiger partial charge is 0.254 e. The van der Waals surface area contributed by atoms with Gasteiger partial charge in [-0.05, 0) is 24.3 Å². The van der Waals surface area contributed by atoms with Gasteiger partial charge < -0.3 is 14.4 Å². The minimum Gasteiger partial charge on any atom is -0.497 e. The van der Waals surface area contributed by atoms with Crippen molar-refractivity contribution in [3.8, 4) is 17.0 Å². The highest BCUT2D eigenvalue weighted by Crippen LogP contribution is 2.28. The topological polar surface area (TPSA) is 51.7 Å². The van der Waals surface area contributed by atoms with Crippen LogP contribution in [0.2, 0.25) is 0 Å². The number of rotatable bonds is 3. The first-order valence-corrected chi connectivity index (χ1v) is 8.67. The second kappa shape index (κ2) is 7.14.